The van der Waals surface area contributed by atoms with E-state index in [9.17, 15) is 4.79 Å². The number of nitrogens with one attached hydrogen (secondary N) is 1. The second kappa shape index (κ2) is 9.52. The molecule has 1 amide bonds. The van der Waals surface area contributed by atoms with Crippen molar-refractivity contribution in [3.63, 3.8) is 0 Å². The number of carbonyl (C=O) groups is 1. The summed E-state index contributed by atoms with van der Waals surface area (Å²) >= 11 is 1.80. The van der Waals surface area contributed by atoms with Gasteiger partial charge < -0.3 is 15.0 Å². The number of thiazole rings is 1. The van der Waals surface area contributed by atoms with Gasteiger partial charge in [0.1, 0.15) is 5.60 Å². The summed E-state index contributed by atoms with van der Waals surface area (Å²) in [7, 11) is 1.68. The molecule has 2 saturated heterocycles. The number of para-hydroxylation sites is 1. The van der Waals surface area contributed by atoms with Gasteiger partial charge in [-0.05, 0) is 50.9 Å². The molecule has 27 heavy (non-hydrogen) atoms. The molecule has 8 heteroatoms. The molecule has 2 fully saturated rings. The van der Waals surface area contributed by atoms with Crippen LogP contribution in [0, 0.1) is 0 Å². The molecule has 2 aromatic rings. The molecule has 1 N–H and O–H groups in total. The second-order valence-corrected chi connectivity index (χ2v) is 8.10. The number of piperidine rings is 2. The Morgan fingerprint density at radius 1 is 1.22 bits per heavy atom. The average molecular weight is 432 g/mol. The van der Waals surface area contributed by atoms with Crippen LogP contribution in [-0.4, -0.2) is 54.7 Å². The Bertz CT molecular complexity index is 723. The molecule has 5 nitrogen and oxygen atoms in total. The van der Waals surface area contributed by atoms with E-state index in [1.54, 1.807) is 18.4 Å². The van der Waals surface area contributed by atoms with E-state index in [1.165, 1.54) is 9.71 Å². The van der Waals surface area contributed by atoms with Crippen LogP contribution in [0.15, 0.2) is 24.3 Å². The number of nitrogens with zero attached hydrogens (tertiary/aromatic N) is 2. The molecule has 0 atom stereocenters. The van der Waals surface area contributed by atoms with E-state index in [-0.39, 0.29) is 30.7 Å². The molecule has 0 radical (unpaired) electrons. The standard InChI is InChI=1S/C19H25N3O2S.2ClH/c1-24-19(8-10-20-11-9-19)18(23)22-12-6-14(7-13-22)17-21-15-4-2-3-5-16(15)25-17;;/h2-5,14,20H,6-13H2,1H3;2*1H. The number of hydrogen-bond donors (Lipinski definition) is 1. The highest BCUT2D eigenvalue weighted by Gasteiger charge is 2.43. The van der Waals surface area contributed by atoms with Crippen LogP contribution < -0.4 is 5.32 Å². The van der Waals surface area contributed by atoms with E-state index < -0.39 is 5.60 Å². The molecular weight excluding hydrogens is 405 g/mol. The van der Waals surface area contributed by atoms with Gasteiger partial charge in [0, 0.05) is 26.1 Å². The van der Waals surface area contributed by atoms with Crippen LogP contribution in [-0.2, 0) is 9.53 Å². The van der Waals surface area contributed by atoms with Gasteiger partial charge in [-0.2, -0.15) is 0 Å². The molecule has 0 unspecified atom stereocenters. The predicted octanol–water partition coefficient (Wildman–Crippen LogP) is 3.61. The first-order chi connectivity index (χ1) is 12.2. The SMILES string of the molecule is COC1(C(=O)N2CCC(c3nc4ccccc4s3)CC2)CCNCC1.Cl.Cl. The maximum Gasteiger partial charge on any atom is 0.254 e. The van der Waals surface area contributed by atoms with Crippen molar-refractivity contribution in [3.8, 4) is 0 Å². The number of rotatable bonds is 3. The van der Waals surface area contributed by atoms with E-state index in [0.717, 1.165) is 57.4 Å². The Morgan fingerprint density at radius 2 is 1.89 bits per heavy atom. The molecule has 1 aromatic heterocycles. The largest absolute Gasteiger partial charge is 0.368 e. The van der Waals surface area contributed by atoms with E-state index >= 15 is 0 Å². The van der Waals surface area contributed by atoms with Crippen molar-refractivity contribution < 1.29 is 9.53 Å². The Balaban J connectivity index is 0.00000131. The molecule has 2 aliphatic heterocycles. The van der Waals surface area contributed by atoms with Crippen molar-refractivity contribution >= 4 is 52.3 Å². The summed E-state index contributed by atoms with van der Waals surface area (Å²) in [5, 5.41) is 4.53. The van der Waals surface area contributed by atoms with Crippen LogP contribution in [0.3, 0.4) is 0 Å². The van der Waals surface area contributed by atoms with Gasteiger partial charge in [0.2, 0.25) is 0 Å². The van der Waals surface area contributed by atoms with Crippen LogP contribution in [0.1, 0.15) is 36.6 Å². The van der Waals surface area contributed by atoms with Gasteiger partial charge in [0.05, 0.1) is 15.2 Å². The Hall–Kier alpha value is -0.920. The number of hydrogen-bond acceptors (Lipinski definition) is 5. The fraction of sp³-hybridized carbons (Fsp3) is 0.579. The molecule has 0 bridgehead atoms. The highest BCUT2D eigenvalue weighted by Crippen LogP contribution is 2.35. The lowest BCUT2D eigenvalue weighted by molar-refractivity contribution is -0.159. The number of amides is 1. The number of benzene rings is 1. The van der Waals surface area contributed by atoms with Crippen LogP contribution >= 0.6 is 36.2 Å². The van der Waals surface area contributed by atoms with Crippen LogP contribution in [0.2, 0.25) is 0 Å². The van der Waals surface area contributed by atoms with Gasteiger partial charge in [0.25, 0.3) is 5.91 Å². The summed E-state index contributed by atoms with van der Waals surface area (Å²) in [5.41, 5.74) is 0.475. The lowest BCUT2D eigenvalue weighted by atomic mass is 9.88. The quantitative estimate of drug-likeness (QED) is 0.805. The van der Waals surface area contributed by atoms with Gasteiger partial charge in [-0.3, -0.25) is 4.79 Å². The first kappa shape index (κ1) is 22.4. The summed E-state index contributed by atoms with van der Waals surface area (Å²) in [6.45, 7) is 3.30. The zero-order valence-corrected chi connectivity index (χ0v) is 17.9. The van der Waals surface area contributed by atoms with E-state index in [1.807, 2.05) is 11.0 Å². The first-order valence-corrected chi connectivity index (χ1v) is 9.94. The molecule has 2 aliphatic rings. The van der Waals surface area contributed by atoms with Crippen molar-refractivity contribution in [3.05, 3.63) is 29.3 Å². The summed E-state index contributed by atoms with van der Waals surface area (Å²) in [5.74, 6) is 0.646. The van der Waals surface area contributed by atoms with Gasteiger partial charge >= 0.3 is 0 Å². The minimum absolute atomic E-state index is 0. The van der Waals surface area contributed by atoms with Crippen molar-refractivity contribution in [1.29, 1.82) is 0 Å². The number of ether oxygens (including phenoxy) is 1. The maximum atomic E-state index is 13.1. The smallest absolute Gasteiger partial charge is 0.254 e. The lowest BCUT2D eigenvalue weighted by Gasteiger charge is -2.41. The summed E-state index contributed by atoms with van der Waals surface area (Å²) < 4.78 is 6.96. The first-order valence-electron chi connectivity index (χ1n) is 9.12. The number of halogens is 2. The number of carbonyl (C=O) groups excluding carboxylic acids is 1. The third kappa shape index (κ3) is 4.40. The molecule has 1 aromatic carbocycles. The Morgan fingerprint density at radius 3 is 2.52 bits per heavy atom. The molecule has 4 rings (SSSR count). The molecular formula is C19H27Cl2N3O2S. The number of fused-ring (bicyclic) bond motifs is 1. The zero-order chi connectivity index (χ0) is 17.3. The fourth-order valence-electron chi connectivity index (χ4n) is 4.02. The number of likely N-dealkylation sites (tertiary alicyclic amines) is 1. The minimum Gasteiger partial charge on any atom is -0.368 e. The van der Waals surface area contributed by atoms with Gasteiger partial charge in [-0.15, -0.1) is 36.2 Å². The third-order valence-corrected chi connectivity index (χ3v) is 6.83. The van der Waals surface area contributed by atoms with Crippen molar-refractivity contribution in [2.45, 2.75) is 37.2 Å². The lowest BCUT2D eigenvalue weighted by Crippen LogP contribution is -2.56. The molecule has 0 saturated carbocycles. The monoisotopic (exact) mass is 431 g/mol. The zero-order valence-electron chi connectivity index (χ0n) is 15.5. The van der Waals surface area contributed by atoms with E-state index in [0.29, 0.717) is 5.92 Å². The maximum absolute atomic E-state index is 13.1. The normalized spacial score (nSPS) is 20.0. The summed E-state index contributed by atoms with van der Waals surface area (Å²) in [4.78, 5) is 19.9. The van der Waals surface area contributed by atoms with Gasteiger partial charge in [-0.25, -0.2) is 4.98 Å². The average Bonchev–Trinajstić information content (AvgIpc) is 3.12. The Labute approximate surface area is 176 Å². The fourth-order valence-corrected chi connectivity index (χ4v) is 5.15. The third-order valence-electron chi connectivity index (χ3n) is 5.63. The van der Waals surface area contributed by atoms with Crippen molar-refractivity contribution in [1.82, 2.24) is 15.2 Å². The second-order valence-electron chi connectivity index (χ2n) is 7.03. The van der Waals surface area contributed by atoms with Crippen LogP contribution in [0.25, 0.3) is 10.2 Å². The highest BCUT2D eigenvalue weighted by atomic mass is 35.5. The molecule has 0 spiro atoms. The topological polar surface area (TPSA) is 54.5 Å². The van der Waals surface area contributed by atoms with Gasteiger partial charge in [0.15, 0.2) is 0 Å². The van der Waals surface area contributed by atoms with Crippen LogP contribution in [0.5, 0.6) is 0 Å². The molecule has 150 valence electrons. The Kier molecular flexibility index (Phi) is 7.89. The summed E-state index contributed by atoms with van der Waals surface area (Å²) in [6.07, 6.45) is 3.51. The van der Waals surface area contributed by atoms with Crippen LogP contribution in [0.4, 0.5) is 0 Å². The van der Waals surface area contributed by atoms with Crippen molar-refractivity contribution in [2.24, 2.45) is 0 Å². The number of methoxy groups -OCH3 is 1. The minimum atomic E-state index is -0.617. The van der Waals surface area contributed by atoms with Gasteiger partial charge in [-0.1, -0.05) is 12.1 Å². The molecule has 0 aliphatic carbocycles. The highest BCUT2D eigenvalue weighted by molar-refractivity contribution is 7.18. The van der Waals surface area contributed by atoms with Crippen molar-refractivity contribution in [2.75, 3.05) is 33.3 Å². The molecule has 3 heterocycles. The van der Waals surface area contributed by atoms with E-state index in [4.69, 9.17) is 9.72 Å². The number of aromatic nitrogens is 1. The van der Waals surface area contributed by atoms with E-state index in [2.05, 4.69) is 23.5 Å². The predicted molar refractivity (Wildman–Crippen MR) is 115 cm³/mol. The summed E-state index contributed by atoms with van der Waals surface area (Å²) in [6, 6.07) is 8.31.